The lowest BCUT2D eigenvalue weighted by Gasteiger charge is -2.29. The number of fused-ring (bicyclic) bond motifs is 3. The third-order valence-electron chi connectivity index (χ3n) is 4.76. The third kappa shape index (κ3) is 2.22. The zero-order valence-corrected chi connectivity index (χ0v) is 12.7. The van der Waals surface area contributed by atoms with Gasteiger partial charge in [-0.05, 0) is 38.3 Å². The van der Waals surface area contributed by atoms with Gasteiger partial charge in [-0.2, -0.15) is 0 Å². The van der Waals surface area contributed by atoms with Gasteiger partial charge < -0.3 is 14.3 Å². The molecular weight excluding hydrogens is 278 g/mol. The maximum absolute atomic E-state index is 12.3. The number of nitrogens with zero attached hydrogens (tertiary/aromatic N) is 1. The van der Waals surface area contributed by atoms with Gasteiger partial charge in [0.05, 0.1) is 12.6 Å². The fraction of sp³-hybridized carbons (Fsp3) is 0.412. The summed E-state index contributed by atoms with van der Waals surface area (Å²) in [6.45, 7) is 4.19. The van der Waals surface area contributed by atoms with E-state index in [2.05, 4.69) is 16.9 Å². The molecule has 0 radical (unpaired) electrons. The Morgan fingerprint density at radius 2 is 2.23 bits per heavy atom. The van der Waals surface area contributed by atoms with Crippen molar-refractivity contribution in [3.8, 4) is 0 Å². The van der Waals surface area contributed by atoms with Crippen LogP contribution in [0.15, 0.2) is 33.5 Å². The van der Waals surface area contributed by atoms with Gasteiger partial charge in [0.15, 0.2) is 5.82 Å². The van der Waals surface area contributed by atoms with E-state index in [-0.39, 0.29) is 5.56 Å². The Morgan fingerprint density at radius 3 is 3.09 bits per heavy atom. The number of likely N-dealkylation sites (tertiary alicyclic amines) is 1. The number of hydrogen-bond donors (Lipinski definition) is 2. The first kappa shape index (κ1) is 13.5. The number of furan rings is 1. The van der Waals surface area contributed by atoms with E-state index in [1.54, 1.807) is 0 Å². The Labute approximate surface area is 127 Å². The van der Waals surface area contributed by atoms with Gasteiger partial charge in [-0.15, -0.1) is 0 Å². The quantitative estimate of drug-likeness (QED) is 0.756. The van der Waals surface area contributed by atoms with E-state index in [1.165, 1.54) is 24.2 Å². The molecule has 2 N–H and O–H groups in total. The van der Waals surface area contributed by atoms with E-state index < -0.39 is 0 Å². The van der Waals surface area contributed by atoms with Crippen molar-refractivity contribution in [3.05, 3.63) is 40.4 Å². The summed E-state index contributed by atoms with van der Waals surface area (Å²) in [6, 6.07) is 8.29. The summed E-state index contributed by atoms with van der Waals surface area (Å²) in [4.78, 5) is 21.4. The molecule has 5 heteroatoms. The Hall–Kier alpha value is -2.14. The van der Waals surface area contributed by atoms with Crippen LogP contribution in [0, 0.1) is 0 Å². The van der Waals surface area contributed by atoms with E-state index in [0.717, 1.165) is 24.3 Å². The summed E-state index contributed by atoms with van der Waals surface area (Å²) in [6.07, 6.45) is 3.80. The lowest BCUT2D eigenvalue weighted by Crippen LogP contribution is -3.15. The molecular formula is C17H20N3O2+. The molecule has 2 aromatic heterocycles. The molecule has 3 aromatic rings. The zero-order valence-electron chi connectivity index (χ0n) is 12.7. The van der Waals surface area contributed by atoms with E-state index in [4.69, 9.17) is 4.42 Å². The number of hydrogen-bond acceptors (Lipinski definition) is 3. The smallest absolute Gasteiger partial charge is 0.294 e. The molecule has 0 saturated carbocycles. The summed E-state index contributed by atoms with van der Waals surface area (Å²) < 4.78 is 5.64. The van der Waals surface area contributed by atoms with Crippen molar-refractivity contribution >= 4 is 22.1 Å². The maximum Gasteiger partial charge on any atom is 0.294 e. The Morgan fingerprint density at radius 1 is 1.36 bits per heavy atom. The van der Waals surface area contributed by atoms with Crippen molar-refractivity contribution < 1.29 is 9.32 Å². The van der Waals surface area contributed by atoms with E-state index in [1.807, 2.05) is 24.3 Å². The molecule has 1 fully saturated rings. The predicted molar refractivity (Wildman–Crippen MR) is 85.0 cm³/mol. The van der Waals surface area contributed by atoms with Crippen molar-refractivity contribution in [3.63, 3.8) is 0 Å². The first-order chi connectivity index (χ1) is 10.7. The Bertz CT molecular complexity index is 880. The number of aromatic amines is 1. The number of quaternary nitrogens is 1. The first-order valence-corrected chi connectivity index (χ1v) is 7.97. The maximum atomic E-state index is 12.3. The summed E-state index contributed by atoms with van der Waals surface area (Å²) >= 11 is 0. The van der Waals surface area contributed by atoms with Crippen molar-refractivity contribution in [2.45, 2.75) is 38.8 Å². The van der Waals surface area contributed by atoms with Crippen LogP contribution in [0.25, 0.3) is 22.1 Å². The number of nitrogens with one attached hydrogen (secondary N) is 2. The SMILES string of the molecule is C[C@H]1CCCC[NH+]1Cc1nc2c(oc3ccccc32)c(=O)[nH]1. The number of para-hydroxylation sites is 1. The highest BCUT2D eigenvalue weighted by atomic mass is 16.3. The van der Waals surface area contributed by atoms with Crippen LogP contribution in [0.4, 0.5) is 0 Å². The summed E-state index contributed by atoms with van der Waals surface area (Å²) in [5.74, 6) is 0.757. The molecule has 22 heavy (non-hydrogen) atoms. The molecule has 1 aliphatic rings. The second-order valence-corrected chi connectivity index (χ2v) is 6.27. The van der Waals surface area contributed by atoms with E-state index in [9.17, 15) is 4.79 Å². The van der Waals surface area contributed by atoms with Crippen molar-refractivity contribution in [2.75, 3.05) is 6.54 Å². The van der Waals surface area contributed by atoms with Crippen LogP contribution >= 0.6 is 0 Å². The average Bonchev–Trinajstić information content (AvgIpc) is 2.89. The fourth-order valence-electron chi connectivity index (χ4n) is 3.46. The lowest BCUT2D eigenvalue weighted by atomic mass is 10.0. The lowest BCUT2D eigenvalue weighted by molar-refractivity contribution is -0.942. The molecule has 4 rings (SSSR count). The molecule has 3 heterocycles. The highest BCUT2D eigenvalue weighted by Gasteiger charge is 2.23. The summed E-state index contributed by atoms with van der Waals surface area (Å²) in [7, 11) is 0. The minimum Gasteiger partial charge on any atom is -0.449 e. The van der Waals surface area contributed by atoms with Crippen LogP contribution < -0.4 is 10.5 Å². The molecule has 2 atom stereocenters. The fourth-order valence-corrected chi connectivity index (χ4v) is 3.46. The van der Waals surface area contributed by atoms with Gasteiger partial charge in [-0.25, -0.2) is 4.98 Å². The Balaban J connectivity index is 1.78. The van der Waals surface area contributed by atoms with Crippen LogP contribution in [0.2, 0.25) is 0 Å². The van der Waals surface area contributed by atoms with Crippen molar-refractivity contribution in [1.29, 1.82) is 0 Å². The van der Waals surface area contributed by atoms with Gasteiger partial charge in [0.1, 0.15) is 17.6 Å². The largest absolute Gasteiger partial charge is 0.449 e. The second kappa shape index (κ2) is 5.25. The van der Waals surface area contributed by atoms with Crippen LogP contribution in [-0.2, 0) is 6.54 Å². The van der Waals surface area contributed by atoms with Crippen LogP contribution in [0.1, 0.15) is 32.0 Å². The molecule has 0 spiro atoms. The van der Waals surface area contributed by atoms with Crippen molar-refractivity contribution in [1.82, 2.24) is 9.97 Å². The van der Waals surface area contributed by atoms with Crippen molar-refractivity contribution in [2.24, 2.45) is 0 Å². The molecule has 1 saturated heterocycles. The predicted octanol–water partition coefficient (Wildman–Crippen LogP) is 1.63. The number of aromatic nitrogens is 2. The zero-order chi connectivity index (χ0) is 15.1. The van der Waals surface area contributed by atoms with Gasteiger partial charge in [0, 0.05) is 5.39 Å². The van der Waals surface area contributed by atoms with E-state index >= 15 is 0 Å². The molecule has 5 nitrogen and oxygen atoms in total. The van der Waals surface area contributed by atoms with Gasteiger partial charge >= 0.3 is 0 Å². The van der Waals surface area contributed by atoms with Gasteiger partial charge in [-0.3, -0.25) is 4.79 Å². The summed E-state index contributed by atoms with van der Waals surface area (Å²) in [5, 5.41) is 0.909. The van der Waals surface area contributed by atoms with Gasteiger partial charge in [0.2, 0.25) is 5.58 Å². The van der Waals surface area contributed by atoms with Gasteiger partial charge in [0.25, 0.3) is 5.56 Å². The van der Waals surface area contributed by atoms with E-state index in [0.29, 0.717) is 22.7 Å². The Kier molecular flexibility index (Phi) is 3.22. The van der Waals surface area contributed by atoms with Crippen LogP contribution in [-0.4, -0.2) is 22.6 Å². The highest BCUT2D eigenvalue weighted by molar-refractivity contribution is 6.01. The standard InChI is InChI=1S/C17H19N3O2/c1-11-6-4-5-9-20(11)10-14-18-15-12-7-2-3-8-13(12)22-16(15)17(21)19-14/h2-3,7-8,11H,4-6,9-10H2,1H3,(H,18,19,21)/p+1/t11-/m0/s1. The number of benzene rings is 1. The third-order valence-corrected chi connectivity index (χ3v) is 4.76. The van der Waals surface area contributed by atoms with Crippen LogP contribution in [0.5, 0.6) is 0 Å². The highest BCUT2D eigenvalue weighted by Crippen LogP contribution is 2.24. The molecule has 1 unspecified atom stereocenters. The minimum absolute atomic E-state index is 0.180. The van der Waals surface area contributed by atoms with Gasteiger partial charge in [-0.1, -0.05) is 12.1 Å². The molecule has 0 aliphatic carbocycles. The summed E-state index contributed by atoms with van der Waals surface area (Å²) in [5.41, 5.74) is 1.54. The molecule has 0 amide bonds. The molecule has 1 aromatic carbocycles. The van der Waals surface area contributed by atoms with Crippen LogP contribution in [0.3, 0.4) is 0 Å². The second-order valence-electron chi connectivity index (χ2n) is 6.27. The molecule has 1 aliphatic heterocycles. The molecule has 0 bridgehead atoms. The molecule has 114 valence electrons. The number of piperidine rings is 1. The average molecular weight is 298 g/mol. The number of rotatable bonds is 2. The first-order valence-electron chi connectivity index (χ1n) is 7.97. The normalized spacial score (nSPS) is 22.4. The minimum atomic E-state index is -0.180. The monoisotopic (exact) mass is 298 g/mol. The number of H-pyrrole nitrogens is 1. The topological polar surface area (TPSA) is 63.3 Å².